The summed E-state index contributed by atoms with van der Waals surface area (Å²) in [5.74, 6) is 0. The Morgan fingerprint density at radius 2 is 2.10 bits per heavy atom. The molecule has 5 nitrogen and oxygen atoms in total. The van der Waals surface area contributed by atoms with Crippen molar-refractivity contribution in [3.05, 3.63) is 31.1 Å². The highest BCUT2D eigenvalue weighted by Crippen LogP contribution is 1.83. The molecule has 50 valence electrons. The Hall–Kier alpha value is -1.65. The zero-order valence-corrected chi connectivity index (χ0v) is 5.12. The molecule has 0 aliphatic rings. The van der Waals surface area contributed by atoms with Crippen molar-refractivity contribution in [3.63, 3.8) is 0 Å². The van der Waals surface area contributed by atoms with Crippen LogP contribution in [0, 0.1) is 0 Å². The van der Waals surface area contributed by atoms with E-state index in [1.807, 2.05) is 6.07 Å². The van der Waals surface area contributed by atoms with Crippen LogP contribution in [0.15, 0.2) is 31.1 Å². The van der Waals surface area contributed by atoms with E-state index in [0.717, 1.165) is 0 Å². The van der Waals surface area contributed by atoms with Gasteiger partial charge in [-0.05, 0) is 6.07 Å². The van der Waals surface area contributed by atoms with E-state index >= 15 is 0 Å². The smallest absolute Gasteiger partial charge is 0.139 e. The second-order valence-electron chi connectivity index (χ2n) is 1.74. The van der Waals surface area contributed by atoms with Crippen molar-refractivity contribution in [1.82, 2.24) is 24.8 Å². The van der Waals surface area contributed by atoms with Crippen molar-refractivity contribution < 1.29 is 0 Å². The molecule has 0 aliphatic carbocycles. The highest BCUT2D eigenvalue weighted by molar-refractivity contribution is 4.78. The molecule has 0 unspecified atom stereocenters. The fourth-order valence-electron chi connectivity index (χ4n) is 0.690. The van der Waals surface area contributed by atoms with Crippen LogP contribution in [0.2, 0.25) is 0 Å². The summed E-state index contributed by atoms with van der Waals surface area (Å²) >= 11 is 0. The molecule has 0 amide bonds. The molecular formula is C5H5N5. The highest BCUT2D eigenvalue weighted by atomic mass is 15.7. The molecule has 0 fully saturated rings. The molecule has 0 N–H and O–H groups in total. The van der Waals surface area contributed by atoms with E-state index in [2.05, 4.69) is 15.2 Å². The minimum atomic E-state index is 1.46. The van der Waals surface area contributed by atoms with Crippen molar-refractivity contribution in [2.24, 2.45) is 0 Å². The summed E-state index contributed by atoms with van der Waals surface area (Å²) in [5.41, 5.74) is 0. The van der Waals surface area contributed by atoms with E-state index < -0.39 is 0 Å². The van der Waals surface area contributed by atoms with Gasteiger partial charge in [0.15, 0.2) is 0 Å². The molecule has 0 spiro atoms. The number of nitrogens with zero attached hydrogens (tertiary/aromatic N) is 5. The first-order chi connectivity index (χ1) is 4.97. The summed E-state index contributed by atoms with van der Waals surface area (Å²) in [5, 5.41) is 7.80. The van der Waals surface area contributed by atoms with E-state index in [4.69, 9.17) is 0 Å². The summed E-state index contributed by atoms with van der Waals surface area (Å²) in [6.45, 7) is 0. The van der Waals surface area contributed by atoms with Crippen LogP contribution in [0.1, 0.15) is 0 Å². The van der Waals surface area contributed by atoms with Crippen LogP contribution in [0.25, 0.3) is 0 Å². The molecule has 2 heterocycles. The van der Waals surface area contributed by atoms with Crippen molar-refractivity contribution >= 4 is 0 Å². The molecule has 0 aliphatic heterocycles. The molecule has 2 rings (SSSR count). The molecule has 2 aromatic rings. The lowest BCUT2D eigenvalue weighted by atomic mass is 10.8. The van der Waals surface area contributed by atoms with Gasteiger partial charge in [-0.2, -0.15) is 9.89 Å². The molecule has 10 heavy (non-hydrogen) atoms. The number of hydrogen-bond acceptors (Lipinski definition) is 3. The standard InChI is InChI=1S/C5H5N5/c1-2-7-9(3-1)10-5-6-4-8-10/h1-5H. The molecule has 2 aromatic heterocycles. The molecule has 0 saturated heterocycles. The van der Waals surface area contributed by atoms with Gasteiger partial charge in [-0.3, -0.25) is 0 Å². The average Bonchev–Trinajstić information content (AvgIpc) is 2.59. The monoisotopic (exact) mass is 135 g/mol. The van der Waals surface area contributed by atoms with E-state index in [9.17, 15) is 0 Å². The minimum Gasteiger partial charge on any atom is -0.221 e. The summed E-state index contributed by atoms with van der Waals surface area (Å²) < 4.78 is 0. The van der Waals surface area contributed by atoms with E-state index in [1.54, 1.807) is 23.5 Å². The van der Waals surface area contributed by atoms with E-state index in [1.165, 1.54) is 11.1 Å². The maximum atomic E-state index is 3.94. The average molecular weight is 135 g/mol. The third-order valence-corrected chi connectivity index (χ3v) is 1.11. The van der Waals surface area contributed by atoms with Gasteiger partial charge in [0.05, 0.1) is 12.4 Å². The molecule has 0 bridgehead atoms. The molecule has 0 saturated carbocycles. The van der Waals surface area contributed by atoms with Crippen LogP contribution in [0.4, 0.5) is 0 Å². The molecule has 0 aromatic carbocycles. The predicted octanol–water partition coefficient (Wildman–Crippen LogP) is -0.214. The maximum Gasteiger partial charge on any atom is 0.139 e. The van der Waals surface area contributed by atoms with Gasteiger partial charge < -0.3 is 0 Å². The third kappa shape index (κ3) is 0.680. The lowest BCUT2D eigenvalue weighted by molar-refractivity contribution is 0.506. The first-order valence-corrected chi connectivity index (χ1v) is 2.82. The van der Waals surface area contributed by atoms with Crippen LogP contribution < -0.4 is 0 Å². The lowest BCUT2D eigenvalue weighted by Gasteiger charge is -1.95. The Kier molecular flexibility index (Phi) is 1.00. The van der Waals surface area contributed by atoms with Gasteiger partial charge in [-0.15, -0.1) is 9.89 Å². The van der Waals surface area contributed by atoms with Crippen LogP contribution in [-0.4, -0.2) is 24.8 Å². The first kappa shape index (κ1) is 5.16. The quantitative estimate of drug-likeness (QED) is 0.543. The first-order valence-electron chi connectivity index (χ1n) is 2.82. The zero-order chi connectivity index (χ0) is 6.81. The van der Waals surface area contributed by atoms with Gasteiger partial charge in [-0.25, -0.2) is 4.98 Å². The van der Waals surface area contributed by atoms with Crippen LogP contribution in [0.3, 0.4) is 0 Å². The Labute approximate surface area is 56.9 Å². The number of hydrogen-bond donors (Lipinski definition) is 0. The number of rotatable bonds is 1. The minimum absolute atomic E-state index is 1.46. The molecule has 0 atom stereocenters. The zero-order valence-electron chi connectivity index (χ0n) is 5.12. The van der Waals surface area contributed by atoms with Gasteiger partial charge in [0.25, 0.3) is 0 Å². The lowest BCUT2D eigenvalue weighted by Crippen LogP contribution is -2.09. The van der Waals surface area contributed by atoms with Gasteiger partial charge in [0.1, 0.15) is 12.7 Å². The van der Waals surface area contributed by atoms with Gasteiger partial charge in [0.2, 0.25) is 0 Å². The second kappa shape index (κ2) is 1.94. The summed E-state index contributed by atoms with van der Waals surface area (Å²) in [7, 11) is 0. The van der Waals surface area contributed by atoms with Crippen molar-refractivity contribution in [1.29, 1.82) is 0 Å². The summed E-state index contributed by atoms with van der Waals surface area (Å²) in [6, 6.07) is 1.82. The van der Waals surface area contributed by atoms with E-state index in [0.29, 0.717) is 0 Å². The fraction of sp³-hybridized carbons (Fsp3) is 0. The Bertz CT molecular complexity index is 249. The largest absolute Gasteiger partial charge is 0.221 e. The van der Waals surface area contributed by atoms with Gasteiger partial charge in [-0.1, -0.05) is 0 Å². The highest BCUT2D eigenvalue weighted by Gasteiger charge is 1.89. The topological polar surface area (TPSA) is 48.5 Å². The second-order valence-corrected chi connectivity index (χ2v) is 1.74. The Morgan fingerprint density at radius 1 is 1.10 bits per heavy atom. The van der Waals surface area contributed by atoms with Crippen LogP contribution in [-0.2, 0) is 0 Å². The van der Waals surface area contributed by atoms with E-state index in [-0.39, 0.29) is 0 Å². The Morgan fingerprint density at radius 3 is 2.70 bits per heavy atom. The molecule has 5 heteroatoms. The summed E-state index contributed by atoms with van der Waals surface area (Å²) in [4.78, 5) is 6.87. The normalized spacial score (nSPS) is 10.0. The third-order valence-electron chi connectivity index (χ3n) is 1.11. The molecule has 0 radical (unpaired) electrons. The maximum absolute atomic E-state index is 3.94. The Balaban J connectivity index is 2.48. The van der Waals surface area contributed by atoms with Crippen molar-refractivity contribution in [2.75, 3.05) is 0 Å². The van der Waals surface area contributed by atoms with Crippen LogP contribution in [0.5, 0.6) is 0 Å². The predicted molar refractivity (Wildman–Crippen MR) is 33.0 cm³/mol. The SMILES string of the molecule is c1cnn(-n2cncn2)c1. The van der Waals surface area contributed by atoms with Crippen molar-refractivity contribution in [2.45, 2.75) is 0 Å². The van der Waals surface area contributed by atoms with Crippen molar-refractivity contribution in [3.8, 4) is 0 Å². The van der Waals surface area contributed by atoms with Crippen LogP contribution >= 0.6 is 0 Å². The summed E-state index contributed by atoms with van der Waals surface area (Å²) in [6.07, 6.45) is 6.50. The fourth-order valence-corrected chi connectivity index (χ4v) is 0.690. The number of aromatic nitrogens is 5. The van der Waals surface area contributed by atoms with Gasteiger partial charge in [0, 0.05) is 0 Å². The molecular weight excluding hydrogens is 130 g/mol. The van der Waals surface area contributed by atoms with Gasteiger partial charge >= 0.3 is 0 Å².